The molecule has 1 aromatic heterocycles. The van der Waals surface area contributed by atoms with Crippen molar-refractivity contribution in [2.75, 3.05) is 13.1 Å². The molecule has 9 nitrogen and oxygen atoms in total. The van der Waals surface area contributed by atoms with Crippen molar-refractivity contribution < 1.29 is 18.0 Å². The quantitative estimate of drug-likeness (QED) is 0.757. The third-order valence-electron chi connectivity index (χ3n) is 5.32. The molecule has 2 aliphatic rings. The molecule has 1 spiro atoms. The van der Waals surface area contributed by atoms with Crippen LogP contribution in [0.1, 0.15) is 18.4 Å². The fourth-order valence-corrected chi connectivity index (χ4v) is 5.14. The number of carbonyl (C=O) groups excluding carboxylic acids is 2. The Hall–Kier alpha value is -2.72. The minimum atomic E-state index is -3.67. The molecule has 1 aromatic carbocycles. The van der Waals surface area contributed by atoms with Crippen LogP contribution in [0.15, 0.2) is 47.6 Å². The first-order valence-electron chi connectivity index (χ1n) is 8.99. The largest absolute Gasteiger partial charge is 0.325 e. The van der Waals surface area contributed by atoms with Gasteiger partial charge in [-0.1, -0.05) is 30.3 Å². The van der Waals surface area contributed by atoms with Gasteiger partial charge in [0.1, 0.15) is 10.4 Å². The second-order valence-corrected chi connectivity index (χ2v) is 9.08. The van der Waals surface area contributed by atoms with E-state index >= 15 is 0 Å². The van der Waals surface area contributed by atoms with Crippen molar-refractivity contribution in [3.8, 4) is 0 Å². The van der Waals surface area contributed by atoms with Gasteiger partial charge >= 0.3 is 6.03 Å². The molecule has 148 valence electrons. The number of amides is 3. The molecule has 2 saturated heterocycles. The van der Waals surface area contributed by atoms with Gasteiger partial charge in [-0.15, -0.1) is 0 Å². The van der Waals surface area contributed by atoms with Gasteiger partial charge in [0.05, 0.1) is 12.7 Å². The average Bonchev–Trinajstić information content (AvgIpc) is 3.21. The Bertz CT molecular complexity index is 1010. The van der Waals surface area contributed by atoms with E-state index in [2.05, 4.69) is 10.4 Å². The predicted octanol–water partition coefficient (Wildman–Crippen LogP) is 0.695. The van der Waals surface area contributed by atoms with Crippen molar-refractivity contribution in [2.24, 2.45) is 7.05 Å². The van der Waals surface area contributed by atoms with Crippen LogP contribution in [0.5, 0.6) is 0 Å². The van der Waals surface area contributed by atoms with E-state index in [9.17, 15) is 18.0 Å². The summed E-state index contributed by atoms with van der Waals surface area (Å²) in [5, 5.41) is 6.72. The molecule has 3 heterocycles. The van der Waals surface area contributed by atoms with E-state index in [0.717, 1.165) is 5.56 Å². The highest BCUT2D eigenvalue weighted by molar-refractivity contribution is 7.89. The van der Waals surface area contributed by atoms with Crippen LogP contribution in [0.3, 0.4) is 0 Å². The van der Waals surface area contributed by atoms with Gasteiger partial charge < -0.3 is 5.32 Å². The number of rotatable bonds is 4. The highest BCUT2D eigenvalue weighted by atomic mass is 32.2. The molecule has 0 unspecified atom stereocenters. The van der Waals surface area contributed by atoms with E-state index < -0.39 is 21.6 Å². The number of sulfonamides is 1. The number of aryl methyl sites for hydroxylation is 1. The fraction of sp³-hybridized carbons (Fsp3) is 0.389. The summed E-state index contributed by atoms with van der Waals surface area (Å²) in [5.41, 5.74) is -0.174. The second-order valence-electron chi connectivity index (χ2n) is 7.14. The minimum absolute atomic E-state index is 0.124. The first-order chi connectivity index (χ1) is 13.3. The summed E-state index contributed by atoms with van der Waals surface area (Å²) in [6.45, 7) is 0.510. The molecule has 0 aliphatic carbocycles. The number of urea groups is 1. The van der Waals surface area contributed by atoms with Gasteiger partial charge in [0, 0.05) is 26.3 Å². The number of hydrogen-bond acceptors (Lipinski definition) is 5. The van der Waals surface area contributed by atoms with Crippen molar-refractivity contribution in [1.29, 1.82) is 0 Å². The van der Waals surface area contributed by atoms with Gasteiger partial charge in [0.25, 0.3) is 5.91 Å². The molecule has 28 heavy (non-hydrogen) atoms. The van der Waals surface area contributed by atoms with Crippen molar-refractivity contribution >= 4 is 22.0 Å². The Morgan fingerprint density at radius 2 is 1.82 bits per heavy atom. The lowest BCUT2D eigenvalue weighted by Gasteiger charge is -2.36. The summed E-state index contributed by atoms with van der Waals surface area (Å²) < 4.78 is 28.3. The molecule has 0 saturated carbocycles. The van der Waals surface area contributed by atoms with Crippen molar-refractivity contribution in [3.63, 3.8) is 0 Å². The average molecular weight is 403 g/mol. The van der Waals surface area contributed by atoms with E-state index in [0.29, 0.717) is 0 Å². The summed E-state index contributed by atoms with van der Waals surface area (Å²) in [6.07, 6.45) is 3.23. The van der Waals surface area contributed by atoms with Crippen LogP contribution in [0.2, 0.25) is 0 Å². The first-order valence-corrected chi connectivity index (χ1v) is 10.4. The maximum Gasteiger partial charge on any atom is 0.325 e. The molecule has 2 aliphatic heterocycles. The maximum atomic E-state index is 13.0. The highest BCUT2D eigenvalue weighted by Crippen LogP contribution is 2.32. The van der Waals surface area contributed by atoms with E-state index in [4.69, 9.17) is 0 Å². The number of aromatic nitrogens is 2. The van der Waals surface area contributed by atoms with Gasteiger partial charge in [-0.05, 0) is 18.4 Å². The van der Waals surface area contributed by atoms with E-state index in [1.807, 2.05) is 30.3 Å². The normalized spacial score (nSPS) is 20.0. The van der Waals surface area contributed by atoms with E-state index in [1.165, 1.54) is 26.3 Å². The first kappa shape index (κ1) is 18.6. The zero-order chi connectivity index (χ0) is 19.9. The molecule has 2 fully saturated rings. The monoisotopic (exact) mass is 403 g/mol. The molecule has 2 aromatic rings. The molecule has 0 bridgehead atoms. The lowest BCUT2D eigenvalue weighted by atomic mass is 9.88. The Kier molecular flexibility index (Phi) is 4.47. The number of piperidine rings is 1. The van der Waals surface area contributed by atoms with Crippen LogP contribution in [-0.2, 0) is 28.4 Å². The Balaban J connectivity index is 1.48. The molecule has 4 rings (SSSR count). The zero-order valence-electron chi connectivity index (χ0n) is 15.4. The smallest absolute Gasteiger partial charge is 0.323 e. The SMILES string of the molecule is Cn1cc(S(=O)(=O)N2CCC3(CC2)NC(=O)N(Cc2ccccc2)C3=O)cn1. The summed E-state index contributed by atoms with van der Waals surface area (Å²) >= 11 is 0. The van der Waals surface area contributed by atoms with Gasteiger partial charge in [0.15, 0.2) is 0 Å². The number of hydrogen-bond donors (Lipinski definition) is 1. The molecule has 0 atom stereocenters. The summed E-state index contributed by atoms with van der Waals surface area (Å²) in [6, 6.07) is 8.85. The van der Waals surface area contributed by atoms with Crippen molar-refractivity contribution in [3.05, 3.63) is 48.3 Å². The Morgan fingerprint density at radius 3 is 2.43 bits per heavy atom. The lowest BCUT2D eigenvalue weighted by Crippen LogP contribution is -2.55. The van der Waals surface area contributed by atoms with Crippen LogP contribution >= 0.6 is 0 Å². The molecule has 10 heteroatoms. The number of nitrogens with one attached hydrogen (secondary N) is 1. The molecular formula is C18H21N5O4S. The molecule has 0 radical (unpaired) electrons. The zero-order valence-corrected chi connectivity index (χ0v) is 16.2. The third kappa shape index (κ3) is 3.08. The van der Waals surface area contributed by atoms with Crippen LogP contribution in [-0.4, -0.2) is 58.0 Å². The van der Waals surface area contributed by atoms with Crippen molar-refractivity contribution in [1.82, 2.24) is 24.3 Å². The van der Waals surface area contributed by atoms with Crippen molar-refractivity contribution in [2.45, 2.75) is 29.8 Å². The Labute approximate surface area is 163 Å². The summed E-state index contributed by atoms with van der Waals surface area (Å²) in [7, 11) is -2.02. The van der Waals surface area contributed by atoms with Crippen LogP contribution in [0.4, 0.5) is 4.79 Å². The lowest BCUT2D eigenvalue weighted by molar-refractivity contribution is -0.133. The Morgan fingerprint density at radius 1 is 1.14 bits per heavy atom. The topological polar surface area (TPSA) is 105 Å². The number of imide groups is 1. The van der Waals surface area contributed by atoms with Crippen LogP contribution in [0, 0.1) is 0 Å². The number of benzene rings is 1. The van der Waals surface area contributed by atoms with E-state index in [1.54, 1.807) is 7.05 Å². The van der Waals surface area contributed by atoms with Gasteiger partial charge in [-0.25, -0.2) is 13.2 Å². The summed E-state index contributed by atoms with van der Waals surface area (Å²) in [5.74, 6) is -0.292. The van der Waals surface area contributed by atoms with Crippen LogP contribution in [0.25, 0.3) is 0 Å². The number of carbonyl (C=O) groups is 2. The number of nitrogens with zero attached hydrogens (tertiary/aromatic N) is 4. The molecule has 1 N–H and O–H groups in total. The van der Waals surface area contributed by atoms with E-state index in [-0.39, 0.29) is 43.3 Å². The van der Waals surface area contributed by atoms with Gasteiger partial charge in [-0.2, -0.15) is 9.40 Å². The predicted molar refractivity (Wildman–Crippen MR) is 99.5 cm³/mol. The standard InChI is InChI=1S/C18H21N5O4S/c1-21-13-15(11-19-21)28(26,27)22-9-7-18(8-10-22)16(24)23(17(25)20-18)12-14-5-3-2-4-6-14/h2-6,11,13H,7-10,12H2,1H3,(H,20,25). The third-order valence-corrected chi connectivity index (χ3v) is 7.18. The molecule has 3 amide bonds. The van der Waals surface area contributed by atoms with Gasteiger partial charge in [-0.3, -0.25) is 14.4 Å². The van der Waals surface area contributed by atoms with Crippen LogP contribution < -0.4 is 5.32 Å². The summed E-state index contributed by atoms with van der Waals surface area (Å²) in [4.78, 5) is 26.7. The minimum Gasteiger partial charge on any atom is -0.323 e. The second kappa shape index (κ2) is 6.71. The molecular weight excluding hydrogens is 382 g/mol. The fourth-order valence-electron chi connectivity index (χ4n) is 3.71. The van der Waals surface area contributed by atoms with Gasteiger partial charge in [0.2, 0.25) is 10.0 Å². The maximum absolute atomic E-state index is 13.0. The highest BCUT2D eigenvalue weighted by Gasteiger charge is 2.53.